The summed E-state index contributed by atoms with van der Waals surface area (Å²) >= 11 is 1.18. The largest absolute Gasteiger partial charge is 0.493 e. The van der Waals surface area contributed by atoms with Crippen LogP contribution in [0, 0.1) is 0 Å². The first kappa shape index (κ1) is 20.8. The normalized spacial score (nSPS) is 13.7. The average Bonchev–Trinajstić information content (AvgIpc) is 3.10. The highest BCUT2D eigenvalue weighted by Gasteiger charge is 2.14. The van der Waals surface area contributed by atoms with Crippen molar-refractivity contribution in [3.63, 3.8) is 0 Å². The molecule has 1 aliphatic carbocycles. The Morgan fingerprint density at radius 2 is 1.97 bits per heavy atom. The summed E-state index contributed by atoms with van der Waals surface area (Å²) in [6.07, 6.45) is 5.55. The highest BCUT2D eigenvalue weighted by atomic mass is 32.2. The highest BCUT2D eigenvalue weighted by Crippen LogP contribution is 2.30. The van der Waals surface area contributed by atoms with Crippen molar-refractivity contribution >= 4 is 35.0 Å². The van der Waals surface area contributed by atoms with E-state index in [-0.39, 0.29) is 11.7 Å². The molecule has 156 valence electrons. The molecule has 1 amide bonds. The van der Waals surface area contributed by atoms with Crippen molar-refractivity contribution in [1.82, 2.24) is 14.9 Å². The Bertz CT molecular complexity index is 876. The van der Waals surface area contributed by atoms with Crippen molar-refractivity contribution in [3.05, 3.63) is 18.2 Å². The number of ether oxygens (including phenoxy) is 2. The number of benzene rings is 1. The van der Waals surface area contributed by atoms with Crippen LogP contribution >= 0.6 is 11.8 Å². The first-order valence-corrected chi connectivity index (χ1v) is 10.3. The first-order chi connectivity index (χ1) is 14.1. The van der Waals surface area contributed by atoms with Gasteiger partial charge >= 0.3 is 0 Å². The molecule has 0 spiro atoms. The molecule has 1 fully saturated rings. The summed E-state index contributed by atoms with van der Waals surface area (Å²) in [7, 11) is 3.10. The van der Waals surface area contributed by atoms with Gasteiger partial charge in [0.1, 0.15) is 0 Å². The molecule has 11 heteroatoms. The molecule has 29 heavy (non-hydrogen) atoms. The molecule has 0 saturated heterocycles. The van der Waals surface area contributed by atoms with Gasteiger partial charge in [-0.15, -0.1) is 10.2 Å². The molecule has 0 bridgehead atoms. The SMILES string of the molecule is COc1ccc(NC(=O)CSc2nnc(NN=C3CCCCC3)n2N)cc1OC. The maximum Gasteiger partial charge on any atom is 0.264 e. The van der Waals surface area contributed by atoms with Crippen LogP contribution in [0.3, 0.4) is 0 Å². The van der Waals surface area contributed by atoms with Gasteiger partial charge in [0.15, 0.2) is 11.5 Å². The molecular weight excluding hydrogens is 394 g/mol. The van der Waals surface area contributed by atoms with Crippen LogP contribution in [0.25, 0.3) is 0 Å². The van der Waals surface area contributed by atoms with Crippen molar-refractivity contribution in [2.45, 2.75) is 37.3 Å². The number of nitrogens with zero attached hydrogens (tertiary/aromatic N) is 4. The minimum absolute atomic E-state index is 0.123. The van der Waals surface area contributed by atoms with Gasteiger partial charge in [0.05, 0.1) is 20.0 Å². The number of methoxy groups -OCH3 is 2. The topological polar surface area (TPSA) is 129 Å². The summed E-state index contributed by atoms with van der Waals surface area (Å²) in [6, 6.07) is 5.16. The van der Waals surface area contributed by atoms with Gasteiger partial charge < -0.3 is 20.6 Å². The number of carbonyl (C=O) groups excluding carboxylic acids is 1. The first-order valence-electron chi connectivity index (χ1n) is 9.27. The van der Waals surface area contributed by atoms with Gasteiger partial charge in [-0.3, -0.25) is 4.79 Å². The number of nitrogens with two attached hydrogens (primary N) is 1. The number of hydrogen-bond acceptors (Lipinski definition) is 9. The van der Waals surface area contributed by atoms with Crippen molar-refractivity contribution < 1.29 is 14.3 Å². The molecule has 2 aromatic rings. The summed E-state index contributed by atoms with van der Waals surface area (Å²) in [5, 5.41) is 15.6. The van der Waals surface area contributed by atoms with E-state index >= 15 is 0 Å². The Balaban J connectivity index is 1.53. The third-order valence-electron chi connectivity index (χ3n) is 4.41. The van der Waals surface area contributed by atoms with Gasteiger partial charge in [0, 0.05) is 17.5 Å². The Hall–Kier alpha value is -2.95. The van der Waals surface area contributed by atoms with E-state index in [0.29, 0.717) is 28.3 Å². The number of carbonyl (C=O) groups is 1. The van der Waals surface area contributed by atoms with Gasteiger partial charge in [-0.05, 0) is 37.8 Å². The molecule has 10 nitrogen and oxygen atoms in total. The van der Waals surface area contributed by atoms with Gasteiger partial charge in [-0.1, -0.05) is 18.2 Å². The van der Waals surface area contributed by atoms with Gasteiger partial charge in [0.25, 0.3) is 5.95 Å². The van der Waals surface area contributed by atoms with Gasteiger partial charge in [-0.25, -0.2) is 10.1 Å². The number of thioether (sulfide) groups is 1. The number of anilines is 2. The smallest absolute Gasteiger partial charge is 0.264 e. The predicted molar refractivity (Wildman–Crippen MR) is 113 cm³/mol. The number of nitrogens with one attached hydrogen (secondary N) is 2. The summed E-state index contributed by atoms with van der Waals surface area (Å²) in [6.45, 7) is 0. The lowest BCUT2D eigenvalue weighted by Gasteiger charge is -2.12. The van der Waals surface area contributed by atoms with Crippen LogP contribution < -0.4 is 26.1 Å². The number of nitrogen functional groups attached to an aromatic ring is 1. The minimum Gasteiger partial charge on any atom is -0.493 e. The van der Waals surface area contributed by atoms with E-state index in [4.69, 9.17) is 15.3 Å². The molecule has 1 aromatic carbocycles. The standard InChI is InChI=1S/C18H25N7O3S/c1-27-14-9-8-13(10-15(14)28-2)20-16(26)11-29-18-24-23-17(25(18)19)22-21-12-6-4-3-5-7-12/h8-10H,3-7,11,19H2,1-2H3,(H,20,26)(H,22,23). The fraction of sp³-hybridized carbons (Fsp3) is 0.444. The molecule has 3 rings (SSSR count). The van der Waals surface area contributed by atoms with E-state index < -0.39 is 0 Å². The highest BCUT2D eigenvalue weighted by molar-refractivity contribution is 7.99. The lowest BCUT2D eigenvalue weighted by Crippen LogP contribution is -2.17. The van der Waals surface area contributed by atoms with Crippen molar-refractivity contribution in [2.24, 2.45) is 5.10 Å². The Kier molecular flexibility index (Phi) is 7.17. The predicted octanol–water partition coefficient (Wildman–Crippen LogP) is 2.47. The van der Waals surface area contributed by atoms with E-state index in [1.807, 2.05) is 0 Å². The zero-order valence-corrected chi connectivity index (χ0v) is 17.3. The van der Waals surface area contributed by atoms with E-state index in [1.165, 1.54) is 30.0 Å². The molecule has 1 heterocycles. The molecular formula is C18H25N7O3S. The van der Waals surface area contributed by atoms with Gasteiger partial charge in [0.2, 0.25) is 11.1 Å². The molecule has 0 radical (unpaired) electrons. The minimum atomic E-state index is -0.206. The fourth-order valence-electron chi connectivity index (χ4n) is 2.89. The monoisotopic (exact) mass is 419 g/mol. The van der Waals surface area contributed by atoms with Crippen LogP contribution in [-0.2, 0) is 4.79 Å². The number of aromatic nitrogens is 3. The second-order valence-corrected chi connectivity index (χ2v) is 7.38. The van der Waals surface area contributed by atoms with Crippen molar-refractivity contribution in [2.75, 3.05) is 36.6 Å². The number of rotatable bonds is 8. The zero-order chi connectivity index (χ0) is 20.6. The lowest BCUT2D eigenvalue weighted by atomic mass is 9.99. The third kappa shape index (κ3) is 5.53. The summed E-state index contributed by atoms with van der Waals surface area (Å²) in [4.78, 5) is 12.3. The number of hydrogen-bond donors (Lipinski definition) is 3. The second-order valence-electron chi connectivity index (χ2n) is 6.43. The van der Waals surface area contributed by atoms with E-state index in [9.17, 15) is 4.79 Å². The molecule has 0 atom stereocenters. The molecule has 0 aliphatic heterocycles. The van der Waals surface area contributed by atoms with E-state index in [0.717, 1.165) is 31.4 Å². The van der Waals surface area contributed by atoms with Crippen molar-refractivity contribution in [3.8, 4) is 11.5 Å². The van der Waals surface area contributed by atoms with Crippen LogP contribution in [0.2, 0.25) is 0 Å². The quantitative estimate of drug-likeness (QED) is 0.338. The van der Waals surface area contributed by atoms with Crippen LogP contribution in [0.15, 0.2) is 28.5 Å². The summed E-state index contributed by atoms with van der Waals surface area (Å²) in [5.74, 6) is 7.39. The Morgan fingerprint density at radius 1 is 1.21 bits per heavy atom. The number of amides is 1. The fourth-order valence-corrected chi connectivity index (χ4v) is 3.55. The molecule has 4 N–H and O–H groups in total. The molecule has 1 aliphatic rings. The maximum atomic E-state index is 12.3. The molecule has 0 unspecified atom stereocenters. The van der Waals surface area contributed by atoms with Crippen LogP contribution in [0.4, 0.5) is 11.6 Å². The third-order valence-corrected chi connectivity index (χ3v) is 5.35. The van der Waals surface area contributed by atoms with Crippen LogP contribution in [-0.4, -0.2) is 46.5 Å². The van der Waals surface area contributed by atoms with Crippen LogP contribution in [0.1, 0.15) is 32.1 Å². The Labute approximate surface area is 173 Å². The maximum absolute atomic E-state index is 12.3. The lowest BCUT2D eigenvalue weighted by molar-refractivity contribution is -0.113. The van der Waals surface area contributed by atoms with Crippen LogP contribution in [0.5, 0.6) is 11.5 Å². The molecule has 1 saturated carbocycles. The zero-order valence-electron chi connectivity index (χ0n) is 16.5. The van der Waals surface area contributed by atoms with Crippen molar-refractivity contribution in [1.29, 1.82) is 0 Å². The average molecular weight is 420 g/mol. The second kappa shape index (κ2) is 10.0. The van der Waals surface area contributed by atoms with Gasteiger partial charge in [-0.2, -0.15) is 5.10 Å². The number of hydrazone groups is 1. The summed E-state index contributed by atoms with van der Waals surface area (Å²) < 4.78 is 11.7. The molecule has 1 aromatic heterocycles. The van der Waals surface area contributed by atoms with E-state index in [2.05, 4.69) is 26.0 Å². The Morgan fingerprint density at radius 3 is 2.69 bits per heavy atom. The van der Waals surface area contributed by atoms with E-state index in [1.54, 1.807) is 25.3 Å². The summed E-state index contributed by atoms with van der Waals surface area (Å²) in [5.41, 5.74) is 4.59.